The SMILES string of the molecule is Cc1ccc(C)c(Oc2ccc(CNC(=O)C3CCCCC3C(=O)O)cc2)c1. The molecule has 1 amide bonds. The molecule has 28 heavy (non-hydrogen) atoms. The van der Waals surface area contributed by atoms with Gasteiger partial charge in [-0.2, -0.15) is 0 Å². The minimum absolute atomic E-state index is 0.164. The van der Waals surface area contributed by atoms with Gasteiger partial charge in [0, 0.05) is 6.54 Å². The van der Waals surface area contributed by atoms with E-state index < -0.39 is 17.8 Å². The number of nitrogens with one attached hydrogen (secondary N) is 1. The molecule has 2 atom stereocenters. The van der Waals surface area contributed by atoms with Crippen molar-refractivity contribution < 1.29 is 19.4 Å². The molecule has 3 rings (SSSR count). The Hall–Kier alpha value is -2.82. The van der Waals surface area contributed by atoms with Gasteiger partial charge in [0.05, 0.1) is 11.8 Å². The molecular weight excluding hydrogens is 354 g/mol. The Bertz CT molecular complexity index is 844. The number of carboxylic acids is 1. The van der Waals surface area contributed by atoms with Crippen molar-refractivity contribution in [3.63, 3.8) is 0 Å². The zero-order chi connectivity index (χ0) is 20.1. The summed E-state index contributed by atoms with van der Waals surface area (Å²) >= 11 is 0. The van der Waals surface area contributed by atoms with E-state index in [2.05, 4.69) is 11.4 Å². The molecule has 0 bridgehead atoms. The quantitative estimate of drug-likeness (QED) is 0.767. The first-order valence-electron chi connectivity index (χ1n) is 9.78. The van der Waals surface area contributed by atoms with Gasteiger partial charge in [0.1, 0.15) is 11.5 Å². The summed E-state index contributed by atoms with van der Waals surface area (Å²) in [5.74, 6) is -0.462. The number of hydrogen-bond donors (Lipinski definition) is 2. The third kappa shape index (κ3) is 4.91. The van der Waals surface area contributed by atoms with Gasteiger partial charge in [-0.3, -0.25) is 9.59 Å². The van der Waals surface area contributed by atoms with Gasteiger partial charge in [-0.25, -0.2) is 0 Å². The number of hydrogen-bond acceptors (Lipinski definition) is 3. The molecule has 1 saturated carbocycles. The maximum absolute atomic E-state index is 12.5. The van der Waals surface area contributed by atoms with E-state index in [0.29, 0.717) is 19.4 Å². The molecule has 0 spiro atoms. The van der Waals surface area contributed by atoms with Crippen molar-refractivity contribution >= 4 is 11.9 Å². The molecule has 1 aliphatic rings. The molecule has 2 N–H and O–H groups in total. The predicted octanol–water partition coefficient (Wildman–Crippen LogP) is 4.60. The number of benzene rings is 2. The van der Waals surface area contributed by atoms with Gasteiger partial charge in [0.2, 0.25) is 5.91 Å². The van der Waals surface area contributed by atoms with Crippen molar-refractivity contribution in [2.24, 2.45) is 11.8 Å². The normalized spacial score (nSPS) is 19.1. The summed E-state index contributed by atoms with van der Waals surface area (Å²) in [6.45, 7) is 4.42. The van der Waals surface area contributed by atoms with E-state index >= 15 is 0 Å². The fourth-order valence-corrected chi connectivity index (χ4v) is 3.68. The van der Waals surface area contributed by atoms with E-state index in [4.69, 9.17) is 4.74 Å². The number of carbonyl (C=O) groups excluding carboxylic acids is 1. The van der Waals surface area contributed by atoms with Crippen molar-refractivity contribution in [1.82, 2.24) is 5.32 Å². The third-order valence-corrected chi connectivity index (χ3v) is 5.38. The molecule has 0 saturated heterocycles. The Morgan fingerprint density at radius 3 is 2.39 bits per heavy atom. The number of ether oxygens (including phenoxy) is 1. The molecule has 5 heteroatoms. The molecule has 0 aromatic heterocycles. The van der Waals surface area contributed by atoms with Gasteiger partial charge in [0.15, 0.2) is 0 Å². The van der Waals surface area contributed by atoms with E-state index in [0.717, 1.165) is 41.0 Å². The number of aliphatic carboxylic acids is 1. The lowest BCUT2D eigenvalue weighted by atomic mass is 9.78. The summed E-state index contributed by atoms with van der Waals surface area (Å²) in [5.41, 5.74) is 3.16. The van der Waals surface area contributed by atoms with Crippen LogP contribution in [0.25, 0.3) is 0 Å². The fourth-order valence-electron chi connectivity index (χ4n) is 3.68. The van der Waals surface area contributed by atoms with E-state index in [1.54, 1.807) is 0 Å². The zero-order valence-corrected chi connectivity index (χ0v) is 16.4. The lowest BCUT2D eigenvalue weighted by Gasteiger charge is -2.27. The van der Waals surface area contributed by atoms with Crippen molar-refractivity contribution in [1.29, 1.82) is 0 Å². The first-order valence-corrected chi connectivity index (χ1v) is 9.78. The molecule has 148 valence electrons. The predicted molar refractivity (Wildman–Crippen MR) is 107 cm³/mol. The maximum atomic E-state index is 12.5. The summed E-state index contributed by atoms with van der Waals surface area (Å²) in [6, 6.07) is 13.7. The topological polar surface area (TPSA) is 75.6 Å². The Morgan fingerprint density at radius 2 is 1.71 bits per heavy atom. The second-order valence-electron chi connectivity index (χ2n) is 7.57. The van der Waals surface area contributed by atoms with Gasteiger partial charge >= 0.3 is 5.97 Å². The monoisotopic (exact) mass is 381 g/mol. The number of amides is 1. The van der Waals surface area contributed by atoms with Crippen molar-refractivity contribution in [2.75, 3.05) is 0 Å². The lowest BCUT2D eigenvalue weighted by molar-refractivity contribution is -0.148. The van der Waals surface area contributed by atoms with Crippen LogP contribution in [-0.4, -0.2) is 17.0 Å². The van der Waals surface area contributed by atoms with Crippen LogP contribution >= 0.6 is 0 Å². The fraction of sp³-hybridized carbons (Fsp3) is 0.391. The first-order chi connectivity index (χ1) is 13.4. The summed E-state index contributed by atoms with van der Waals surface area (Å²) in [7, 11) is 0. The smallest absolute Gasteiger partial charge is 0.307 e. The maximum Gasteiger partial charge on any atom is 0.307 e. The van der Waals surface area contributed by atoms with Crippen LogP contribution < -0.4 is 10.1 Å². The Morgan fingerprint density at radius 1 is 1.04 bits per heavy atom. The standard InChI is InChI=1S/C23H27NO4/c1-15-7-8-16(2)21(13-15)28-18-11-9-17(10-12-18)14-24-22(25)19-5-3-4-6-20(19)23(26)27/h7-13,19-20H,3-6,14H2,1-2H3,(H,24,25)(H,26,27). The van der Waals surface area contributed by atoms with E-state index in [1.807, 2.05) is 50.2 Å². The Balaban J connectivity index is 1.57. The van der Waals surface area contributed by atoms with Crippen LogP contribution in [0.3, 0.4) is 0 Å². The molecule has 1 fully saturated rings. The summed E-state index contributed by atoms with van der Waals surface area (Å²) in [5, 5.41) is 12.2. The largest absolute Gasteiger partial charge is 0.481 e. The zero-order valence-electron chi connectivity index (χ0n) is 16.4. The molecule has 2 unspecified atom stereocenters. The van der Waals surface area contributed by atoms with Crippen molar-refractivity contribution in [3.8, 4) is 11.5 Å². The van der Waals surface area contributed by atoms with Gasteiger partial charge in [0.25, 0.3) is 0 Å². The molecule has 0 heterocycles. The van der Waals surface area contributed by atoms with Crippen LogP contribution in [0.1, 0.15) is 42.4 Å². The third-order valence-electron chi connectivity index (χ3n) is 5.38. The highest BCUT2D eigenvalue weighted by atomic mass is 16.5. The number of carboxylic acid groups (broad SMARTS) is 1. The second kappa shape index (κ2) is 8.91. The van der Waals surface area contributed by atoms with Crippen LogP contribution in [0, 0.1) is 25.7 Å². The van der Waals surface area contributed by atoms with E-state index in [9.17, 15) is 14.7 Å². The molecular formula is C23H27NO4. The van der Waals surface area contributed by atoms with Gasteiger partial charge in [-0.15, -0.1) is 0 Å². The van der Waals surface area contributed by atoms with Crippen LogP contribution in [-0.2, 0) is 16.1 Å². The Kier molecular flexibility index (Phi) is 6.34. The van der Waals surface area contributed by atoms with E-state index in [-0.39, 0.29) is 5.91 Å². The number of aryl methyl sites for hydroxylation is 2. The van der Waals surface area contributed by atoms with Crippen LogP contribution in [0.5, 0.6) is 11.5 Å². The molecule has 5 nitrogen and oxygen atoms in total. The highest BCUT2D eigenvalue weighted by Crippen LogP contribution is 2.30. The van der Waals surface area contributed by atoms with Gasteiger partial charge in [-0.05, 0) is 61.6 Å². The Labute approximate surface area is 165 Å². The highest BCUT2D eigenvalue weighted by molar-refractivity contribution is 5.84. The van der Waals surface area contributed by atoms with Crippen LogP contribution in [0.4, 0.5) is 0 Å². The molecule has 0 radical (unpaired) electrons. The van der Waals surface area contributed by atoms with Crippen molar-refractivity contribution in [2.45, 2.75) is 46.1 Å². The average Bonchev–Trinajstić information content (AvgIpc) is 2.70. The van der Waals surface area contributed by atoms with Crippen LogP contribution in [0.15, 0.2) is 42.5 Å². The van der Waals surface area contributed by atoms with Crippen LogP contribution in [0.2, 0.25) is 0 Å². The molecule has 2 aromatic rings. The second-order valence-corrected chi connectivity index (χ2v) is 7.57. The lowest BCUT2D eigenvalue weighted by Crippen LogP contribution is -2.39. The number of carbonyl (C=O) groups is 2. The highest BCUT2D eigenvalue weighted by Gasteiger charge is 2.35. The molecule has 0 aliphatic heterocycles. The van der Waals surface area contributed by atoms with E-state index in [1.165, 1.54) is 0 Å². The molecule has 1 aliphatic carbocycles. The average molecular weight is 381 g/mol. The number of rotatable bonds is 6. The minimum atomic E-state index is -0.868. The minimum Gasteiger partial charge on any atom is -0.481 e. The summed E-state index contributed by atoms with van der Waals surface area (Å²) in [6.07, 6.45) is 3.01. The first kappa shape index (κ1) is 19.9. The van der Waals surface area contributed by atoms with Gasteiger partial charge < -0.3 is 15.2 Å². The van der Waals surface area contributed by atoms with Crippen molar-refractivity contribution in [3.05, 3.63) is 59.2 Å². The summed E-state index contributed by atoms with van der Waals surface area (Å²) in [4.78, 5) is 23.8. The summed E-state index contributed by atoms with van der Waals surface area (Å²) < 4.78 is 5.95. The van der Waals surface area contributed by atoms with Gasteiger partial charge in [-0.1, -0.05) is 37.1 Å². The molecule has 2 aromatic carbocycles.